The van der Waals surface area contributed by atoms with E-state index in [0.29, 0.717) is 11.3 Å². The predicted molar refractivity (Wildman–Crippen MR) is 83.6 cm³/mol. The van der Waals surface area contributed by atoms with E-state index >= 15 is 0 Å². The van der Waals surface area contributed by atoms with E-state index in [2.05, 4.69) is 5.32 Å². The Morgan fingerprint density at radius 2 is 1.82 bits per heavy atom. The Morgan fingerprint density at radius 1 is 1.18 bits per heavy atom. The van der Waals surface area contributed by atoms with Crippen LogP contribution in [0.25, 0.3) is 0 Å². The van der Waals surface area contributed by atoms with E-state index in [1.165, 1.54) is 23.9 Å². The van der Waals surface area contributed by atoms with Gasteiger partial charge in [-0.2, -0.15) is 5.26 Å². The maximum absolute atomic E-state index is 11.8. The molecule has 110 valence electrons. The summed E-state index contributed by atoms with van der Waals surface area (Å²) < 4.78 is 0. The Balaban J connectivity index is 1.86. The first-order valence-corrected chi connectivity index (χ1v) is 7.24. The van der Waals surface area contributed by atoms with Gasteiger partial charge in [-0.05, 0) is 36.4 Å². The first-order valence-electron chi connectivity index (χ1n) is 6.26. The van der Waals surface area contributed by atoms with Crippen molar-refractivity contribution in [2.45, 2.75) is 4.90 Å². The third kappa shape index (κ3) is 4.33. The number of nitrogens with zero attached hydrogens (tertiary/aromatic N) is 2. The van der Waals surface area contributed by atoms with Crippen LogP contribution >= 0.6 is 11.8 Å². The average molecular weight is 313 g/mol. The monoisotopic (exact) mass is 313 g/mol. The van der Waals surface area contributed by atoms with Crippen LogP contribution in [-0.4, -0.2) is 16.6 Å². The fourth-order valence-electron chi connectivity index (χ4n) is 1.64. The Kier molecular flexibility index (Phi) is 5.11. The van der Waals surface area contributed by atoms with E-state index in [4.69, 9.17) is 5.26 Å². The lowest BCUT2D eigenvalue weighted by molar-refractivity contribution is -0.384. The smallest absolute Gasteiger partial charge is 0.269 e. The number of nitriles is 1. The standard InChI is InChI=1S/C15H11N3O3S/c16-9-11-1-3-12(4-2-11)17-15(19)10-22-14-7-5-13(6-8-14)18(20)21/h1-8H,10H2,(H,17,19). The molecule has 7 heteroatoms. The maximum atomic E-state index is 11.8. The summed E-state index contributed by atoms with van der Waals surface area (Å²) in [5, 5.41) is 21.9. The van der Waals surface area contributed by atoms with Crippen LogP contribution in [0, 0.1) is 21.4 Å². The van der Waals surface area contributed by atoms with Crippen molar-refractivity contribution in [1.82, 2.24) is 0 Å². The van der Waals surface area contributed by atoms with Gasteiger partial charge in [0, 0.05) is 22.7 Å². The highest BCUT2D eigenvalue weighted by atomic mass is 32.2. The van der Waals surface area contributed by atoms with E-state index in [9.17, 15) is 14.9 Å². The molecule has 0 radical (unpaired) electrons. The molecule has 1 N–H and O–H groups in total. The van der Waals surface area contributed by atoms with E-state index in [1.807, 2.05) is 6.07 Å². The lowest BCUT2D eigenvalue weighted by Crippen LogP contribution is -2.13. The van der Waals surface area contributed by atoms with E-state index in [-0.39, 0.29) is 17.3 Å². The summed E-state index contributed by atoms with van der Waals surface area (Å²) >= 11 is 1.29. The summed E-state index contributed by atoms with van der Waals surface area (Å²) in [6.45, 7) is 0. The molecule has 2 rings (SSSR count). The molecular weight excluding hydrogens is 302 g/mol. The Morgan fingerprint density at radius 3 is 2.36 bits per heavy atom. The molecular formula is C15H11N3O3S. The summed E-state index contributed by atoms with van der Waals surface area (Å²) in [5.41, 5.74) is 1.16. The highest BCUT2D eigenvalue weighted by Gasteiger charge is 2.07. The number of nitrogens with one attached hydrogen (secondary N) is 1. The van der Waals surface area contributed by atoms with Gasteiger partial charge in [-0.25, -0.2) is 0 Å². The average Bonchev–Trinajstić information content (AvgIpc) is 2.54. The van der Waals surface area contributed by atoms with Gasteiger partial charge in [0.15, 0.2) is 0 Å². The van der Waals surface area contributed by atoms with Crippen LogP contribution < -0.4 is 5.32 Å². The number of nitro groups is 1. The highest BCUT2D eigenvalue weighted by Crippen LogP contribution is 2.21. The molecule has 0 spiro atoms. The Hall–Kier alpha value is -2.85. The molecule has 0 aliphatic rings. The van der Waals surface area contributed by atoms with Crippen molar-refractivity contribution in [1.29, 1.82) is 5.26 Å². The number of amides is 1. The van der Waals surface area contributed by atoms with Gasteiger partial charge in [-0.1, -0.05) is 0 Å². The molecule has 2 aromatic rings. The van der Waals surface area contributed by atoms with Crippen molar-refractivity contribution >= 4 is 29.0 Å². The van der Waals surface area contributed by atoms with E-state index in [0.717, 1.165) is 4.90 Å². The summed E-state index contributed by atoms with van der Waals surface area (Å²) in [5.74, 6) is 0.00529. The normalized spacial score (nSPS) is 9.77. The van der Waals surface area contributed by atoms with Crippen LogP contribution in [0.4, 0.5) is 11.4 Å². The van der Waals surface area contributed by atoms with Gasteiger partial charge in [-0.15, -0.1) is 11.8 Å². The van der Waals surface area contributed by atoms with Crippen molar-refractivity contribution in [3.63, 3.8) is 0 Å². The van der Waals surface area contributed by atoms with Gasteiger partial charge in [-0.3, -0.25) is 14.9 Å². The second-order valence-electron chi connectivity index (χ2n) is 4.28. The molecule has 22 heavy (non-hydrogen) atoms. The first-order chi connectivity index (χ1) is 10.6. The zero-order valence-electron chi connectivity index (χ0n) is 11.4. The second-order valence-corrected chi connectivity index (χ2v) is 5.33. The number of non-ortho nitro benzene ring substituents is 1. The van der Waals surface area contributed by atoms with Crippen LogP contribution in [-0.2, 0) is 4.79 Å². The molecule has 0 saturated heterocycles. The number of thioether (sulfide) groups is 1. The fourth-order valence-corrected chi connectivity index (χ4v) is 2.34. The minimum absolute atomic E-state index is 0.0198. The lowest BCUT2D eigenvalue weighted by atomic mass is 10.2. The van der Waals surface area contributed by atoms with Crippen molar-refractivity contribution in [3.05, 3.63) is 64.2 Å². The molecule has 0 aliphatic heterocycles. The summed E-state index contributed by atoms with van der Waals surface area (Å²) in [7, 11) is 0. The molecule has 6 nitrogen and oxygen atoms in total. The third-order valence-electron chi connectivity index (χ3n) is 2.72. The molecule has 0 unspecified atom stereocenters. The molecule has 1 amide bonds. The van der Waals surface area contributed by atoms with Crippen molar-refractivity contribution in [2.75, 3.05) is 11.1 Å². The number of anilines is 1. The van der Waals surface area contributed by atoms with Gasteiger partial charge in [0.05, 0.1) is 22.3 Å². The number of carbonyl (C=O) groups excluding carboxylic acids is 1. The number of rotatable bonds is 5. The van der Waals surface area contributed by atoms with Crippen molar-refractivity contribution in [2.24, 2.45) is 0 Å². The number of benzene rings is 2. The highest BCUT2D eigenvalue weighted by molar-refractivity contribution is 8.00. The van der Waals surface area contributed by atoms with Gasteiger partial charge >= 0.3 is 0 Å². The maximum Gasteiger partial charge on any atom is 0.269 e. The van der Waals surface area contributed by atoms with Gasteiger partial charge < -0.3 is 5.32 Å². The Bertz CT molecular complexity index is 721. The zero-order chi connectivity index (χ0) is 15.9. The molecule has 0 saturated carbocycles. The second kappa shape index (κ2) is 7.24. The van der Waals surface area contributed by atoms with Crippen LogP contribution in [0.5, 0.6) is 0 Å². The molecule has 0 heterocycles. The Labute approximate surface area is 130 Å². The van der Waals surface area contributed by atoms with Crippen LogP contribution in [0.3, 0.4) is 0 Å². The van der Waals surface area contributed by atoms with Crippen molar-refractivity contribution < 1.29 is 9.72 Å². The number of hydrogen-bond donors (Lipinski definition) is 1. The fraction of sp³-hybridized carbons (Fsp3) is 0.0667. The topological polar surface area (TPSA) is 96.0 Å². The predicted octanol–water partition coefficient (Wildman–Crippen LogP) is 3.20. The molecule has 0 bridgehead atoms. The third-order valence-corrected chi connectivity index (χ3v) is 3.73. The largest absolute Gasteiger partial charge is 0.325 e. The number of carbonyl (C=O) groups is 1. The first kappa shape index (κ1) is 15.5. The van der Waals surface area contributed by atoms with Gasteiger partial charge in [0.2, 0.25) is 5.91 Å². The molecule has 2 aromatic carbocycles. The van der Waals surface area contributed by atoms with Crippen LogP contribution in [0.15, 0.2) is 53.4 Å². The van der Waals surface area contributed by atoms with Crippen LogP contribution in [0.2, 0.25) is 0 Å². The van der Waals surface area contributed by atoms with Crippen molar-refractivity contribution in [3.8, 4) is 6.07 Å². The SMILES string of the molecule is N#Cc1ccc(NC(=O)CSc2ccc([N+](=O)[O-])cc2)cc1. The van der Waals surface area contributed by atoms with Crippen LogP contribution in [0.1, 0.15) is 5.56 Å². The van der Waals surface area contributed by atoms with Gasteiger partial charge in [0.25, 0.3) is 5.69 Å². The molecule has 0 aliphatic carbocycles. The van der Waals surface area contributed by atoms with E-state index < -0.39 is 4.92 Å². The molecule has 0 aromatic heterocycles. The van der Waals surface area contributed by atoms with Gasteiger partial charge in [0.1, 0.15) is 0 Å². The number of hydrogen-bond acceptors (Lipinski definition) is 5. The summed E-state index contributed by atoms with van der Waals surface area (Å²) in [6, 6.07) is 14.6. The molecule has 0 atom stereocenters. The number of nitro benzene ring substituents is 1. The minimum atomic E-state index is -0.466. The summed E-state index contributed by atoms with van der Waals surface area (Å²) in [4.78, 5) is 22.7. The quantitative estimate of drug-likeness (QED) is 0.519. The zero-order valence-corrected chi connectivity index (χ0v) is 12.2. The minimum Gasteiger partial charge on any atom is -0.325 e. The lowest BCUT2D eigenvalue weighted by Gasteiger charge is -2.05. The molecule has 0 fully saturated rings. The van der Waals surface area contributed by atoms with E-state index in [1.54, 1.807) is 36.4 Å². The summed E-state index contributed by atoms with van der Waals surface area (Å²) in [6.07, 6.45) is 0.